The Bertz CT molecular complexity index is 756. The molecule has 0 aromatic heterocycles. The molecule has 5 heteroatoms. The van der Waals surface area contributed by atoms with Crippen LogP contribution in [0.25, 0.3) is 0 Å². The summed E-state index contributed by atoms with van der Waals surface area (Å²) < 4.78 is 18.1. The quantitative estimate of drug-likeness (QED) is 0.403. The fraction of sp³-hybridized carbons (Fsp3) is 0.731. The van der Waals surface area contributed by atoms with Gasteiger partial charge in [-0.05, 0) is 90.4 Å². The summed E-state index contributed by atoms with van der Waals surface area (Å²) in [7, 11) is 3.39. The SMILES string of the molecule is COc1cc(OC)cc([C@@H](C[C@H]2[C@@H](C)CC[C@H]3C(C)(C)CCC[C@]23C)OC(=S)SC)c1. The summed E-state index contributed by atoms with van der Waals surface area (Å²) in [5.41, 5.74) is 1.83. The number of hydrogen-bond acceptors (Lipinski definition) is 5. The van der Waals surface area contributed by atoms with Gasteiger partial charge in [0.05, 0.1) is 14.2 Å². The number of methoxy groups -OCH3 is 2. The highest BCUT2D eigenvalue weighted by atomic mass is 32.2. The first kappa shape index (κ1) is 24.7. The van der Waals surface area contributed by atoms with Crippen LogP contribution in [0.15, 0.2) is 18.2 Å². The molecule has 174 valence electrons. The molecule has 0 radical (unpaired) electrons. The van der Waals surface area contributed by atoms with Gasteiger partial charge in [0.15, 0.2) is 0 Å². The number of benzene rings is 1. The second-order valence-electron chi connectivity index (χ2n) is 10.5. The summed E-state index contributed by atoms with van der Waals surface area (Å²) in [4.78, 5) is 0. The van der Waals surface area contributed by atoms with Gasteiger partial charge in [0.1, 0.15) is 17.6 Å². The van der Waals surface area contributed by atoms with Gasteiger partial charge >= 0.3 is 0 Å². The molecule has 0 amide bonds. The molecule has 5 atom stereocenters. The fourth-order valence-corrected chi connectivity index (χ4v) is 7.10. The minimum atomic E-state index is -0.1000. The number of thioether (sulfide) groups is 1. The van der Waals surface area contributed by atoms with Crippen molar-refractivity contribution in [1.29, 1.82) is 0 Å². The maximum atomic E-state index is 6.40. The molecule has 0 spiro atoms. The molecule has 1 aromatic carbocycles. The van der Waals surface area contributed by atoms with Crippen LogP contribution >= 0.6 is 24.0 Å². The number of thiocarbonyl (C=S) groups is 1. The minimum absolute atomic E-state index is 0.1000. The maximum Gasteiger partial charge on any atom is 0.220 e. The average Bonchev–Trinajstić information content (AvgIpc) is 2.74. The highest BCUT2D eigenvalue weighted by molar-refractivity contribution is 8.22. The van der Waals surface area contributed by atoms with Crippen molar-refractivity contribution in [3.05, 3.63) is 23.8 Å². The lowest BCUT2D eigenvalue weighted by molar-refractivity contribution is -0.105. The summed E-state index contributed by atoms with van der Waals surface area (Å²) in [6.45, 7) is 10.00. The van der Waals surface area contributed by atoms with E-state index in [2.05, 4.69) is 39.8 Å². The lowest BCUT2D eigenvalue weighted by Crippen LogP contribution is -2.51. The first-order chi connectivity index (χ1) is 14.6. The van der Waals surface area contributed by atoms with Crippen molar-refractivity contribution >= 4 is 28.4 Å². The van der Waals surface area contributed by atoms with Crippen LogP contribution in [-0.4, -0.2) is 24.9 Å². The molecule has 0 N–H and O–H groups in total. The number of fused-ring (bicyclic) bond motifs is 1. The molecule has 1 aromatic rings. The van der Waals surface area contributed by atoms with E-state index in [1.54, 1.807) is 14.2 Å². The van der Waals surface area contributed by atoms with Crippen molar-refractivity contribution in [3.63, 3.8) is 0 Å². The van der Waals surface area contributed by atoms with Gasteiger partial charge in [-0.1, -0.05) is 52.3 Å². The van der Waals surface area contributed by atoms with Crippen LogP contribution in [0.3, 0.4) is 0 Å². The van der Waals surface area contributed by atoms with Crippen LogP contribution in [0.4, 0.5) is 0 Å². The average molecular weight is 465 g/mol. The Kier molecular flexibility index (Phi) is 7.89. The van der Waals surface area contributed by atoms with Crippen LogP contribution in [0.2, 0.25) is 0 Å². The molecule has 2 saturated carbocycles. The minimum Gasteiger partial charge on any atom is -0.497 e. The Labute approximate surface area is 199 Å². The Morgan fingerprint density at radius 3 is 2.32 bits per heavy atom. The van der Waals surface area contributed by atoms with Gasteiger partial charge in [0, 0.05) is 6.07 Å². The van der Waals surface area contributed by atoms with E-state index in [0.717, 1.165) is 29.4 Å². The Hall–Kier alpha value is -0.940. The molecule has 2 fully saturated rings. The summed E-state index contributed by atoms with van der Waals surface area (Å²) in [6, 6.07) is 6.07. The zero-order valence-corrected chi connectivity index (χ0v) is 22.0. The summed E-state index contributed by atoms with van der Waals surface area (Å²) in [5.74, 6) is 3.62. The second-order valence-corrected chi connectivity index (χ2v) is 11.9. The normalized spacial score (nSPS) is 30.7. The van der Waals surface area contributed by atoms with Crippen molar-refractivity contribution in [3.8, 4) is 11.5 Å². The van der Waals surface area contributed by atoms with E-state index in [0.29, 0.717) is 27.0 Å². The van der Waals surface area contributed by atoms with E-state index >= 15 is 0 Å². The number of hydrogen-bond donors (Lipinski definition) is 0. The largest absolute Gasteiger partial charge is 0.497 e. The predicted molar refractivity (Wildman–Crippen MR) is 135 cm³/mol. The van der Waals surface area contributed by atoms with E-state index < -0.39 is 0 Å². The van der Waals surface area contributed by atoms with Crippen molar-refractivity contribution in [2.24, 2.45) is 28.6 Å². The Morgan fingerprint density at radius 2 is 1.74 bits per heavy atom. The third kappa shape index (κ3) is 5.19. The third-order valence-corrected chi connectivity index (χ3v) is 9.37. The van der Waals surface area contributed by atoms with Gasteiger partial charge < -0.3 is 14.2 Å². The topological polar surface area (TPSA) is 27.7 Å². The van der Waals surface area contributed by atoms with Gasteiger partial charge in [-0.25, -0.2) is 0 Å². The highest BCUT2D eigenvalue weighted by Gasteiger charge is 2.54. The van der Waals surface area contributed by atoms with Gasteiger partial charge in [-0.15, -0.1) is 0 Å². The monoisotopic (exact) mass is 464 g/mol. The molecule has 31 heavy (non-hydrogen) atoms. The fourth-order valence-electron chi connectivity index (χ4n) is 6.77. The van der Waals surface area contributed by atoms with Gasteiger partial charge in [-0.3, -0.25) is 0 Å². The molecule has 2 aliphatic carbocycles. The van der Waals surface area contributed by atoms with Gasteiger partial charge in [-0.2, -0.15) is 0 Å². The summed E-state index contributed by atoms with van der Waals surface area (Å²) >= 11 is 7.01. The summed E-state index contributed by atoms with van der Waals surface area (Å²) in [5, 5.41) is 0. The van der Waals surface area contributed by atoms with Gasteiger partial charge in [0.2, 0.25) is 4.38 Å². The third-order valence-electron chi connectivity index (χ3n) is 8.34. The molecular weight excluding hydrogens is 424 g/mol. The zero-order chi connectivity index (χ0) is 22.8. The molecule has 0 heterocycles. The first-order valence-corrected chi connectivity index (χ1v) is 13.3. The van der Waals surface area contributed by atoms with Crippen molar-refractivity contribution in [2.45, 2.75) is 72.3 Å². The van der Waals surface area contributed by atoms with Crippen LogP contribution in [0.1, 0.15) is 77.9 Å². The Morgan fingerprint density at radius 1 is 1.10 bits per heavy atom. The van der Waals surface area contributed by atoms with Crippen molar-refractivity contribution < 1.29 is 14.2 Å². The maximum absolute atomic E-state index is 6.40. The number of rotatable bonds is 6. The molecule has 0 unspecified atom stereocenters. The Balaban J connectivity index is 1.97. The molecule has 3 rings (SSSR count). The number of ether oxygens (including phenoxy) is 3. The van der Waals surface area contributed by atoms with Gasteiger partial charge in [0.25, 0.3) is 0 Å². The molecule has 2 aliphatic rings. The predicted octanol–water partition coefficient (Wildman–Crippen LogP) is 7.68. The second kappa shape index (κ2) is 9.91. The van der Waals surface area contributed by atoms with E-state index in [1.807, 2.05) is 12.3 Å². The van der Waals surface area contributed by atoms with E-state index in [4.69, 9.17) is 26.4 Å². The molecule has 0 saturated heterocycles. The van der Waals surface area contributed by atoms with E-state index in [-0.39, 0.29) is 6.10 Å². The van der Waals surface area contributed by atoms with Crippen LogP contribution < -0.4 is 9.47 Å². The summed E-state index contributed by atoms with van der Waals surface area (Å²) in [6.07, 6.45) is 9.49. The smallest absolute Gasteiger partial charge is 0.220 e. The van der Waals surface area contributed by atoms with Crippen LogP contribution in [0.5, 0.6) is 11.5 Å². The lowest BCUT2D eigenvalue weighted by atomic mass is 9.46. The van der Waals surface area contributed by atoms with Crippen LogP contribution in [0, 0.1) is 28.6 Å². The van der Waals surface area contributed by atoms with E-state index in [9.17, 15) is 0 Å². The zero-order valence-electron chi connectivity index (χ0n) is 20.3. The van der Waals surface area contributed by atoms with E-state index in [1.165, 1.54) is 43.9 Å². The lowest BCUT2D eigenvalue weighted by Gasteiger charge is -2.59. The molecule has 0 aliphatic heterocycles. The van der Waals surface area contributed by atoms with Crippen molar-refractivity contribution in [2.75, 3.05) is 20.5 Å². The van der Waals surface area contributed by atoms with Crippen molar-refractivity contribution in [1.82, 2.24) is 0 Å². The first-order valence-electron chi connectivity index (χ1n) is 11.6. The molecule has 3 nitrogen and oxygen atoms in total. The highest BCUT2D eigenvalue weighted by Crippen LogP contribution is 2.62. The molecule has 0 bridgehead atoms. The standard InChI is InChI=1S/C26H40O3S2/c1-17-9-10-23-25(2,3)11-8-12-26(23,4)21(17)16-22(29-24(30)31-7)18-13-19(27-5)15-20(14-18)28-6/h13-15,17,21-23H,8-12,16H2,1-7H3/t17-,21-,22+,23-,26+/m0/s1. The van der Waals surface area contributed by atoms with Crippen LogP contribution in [-0.2, 0) is 4.74 Å². The molecular formula is C26H40O3S2.